The van der Waals surface area contributed by atoms with E-state index in [2.05, 4.69) is 23.6 Å². The van der Waals surface area contributed by atoms with Crippen LogP contribution in [-0.4, -0.2) is 26.9 Å². The minimum atomic E-state index is 0.367. The van der Waals surface area contributed by atoms with Crippen LogP contribution in [0.15, 0.2) is 11.1 Å². The van der Waals surface area contributed by atoms with Crippen LogP contribution in [0.5, 0.6) is 0 Å². The summed E-state index contributed by atoms with van der Waals surface area (Å²) < 4.78 is 5.01. The standard InChI is InChI=1S/C9H12N2OS2/c1-3-7-10-9(11-12-7)8-6(2)13-4-5-14-8/h3,6,8H,1,4-5H2,2H3. The first-order valence-electron chi connectivity index (χ1n) is 4.50. The highest BCUT2D eigenvalue weighted by Crippen LogP contribution is 2.40. The second kappa shape index (κ2) is 4.40. The number of thioether (sulfide) groups is 2. The Morgan fingerprint density at radius 1 is 1.50 bits per heavy atom. The molecule has 0 aromatic carbocycles. The number of rotatable bonds is 2. The summed E-state index contributed by atoms with van der Waals surface area (Å²) in [5.41, 5.74) is 0. The fourth-order valence-electron chi connectivity index (χ4n) is 1.36. The topological polar surface area (TPSA) is 38.9 Å². The zero-order chi connectivity index (χ0) is 9.97. The molecule has 2 unspecified atom stereocenters. The van der Waals surface area contributed by atoms with Gasteiger partial charge in [0, 0.05) is 16.8 Å². The van der Waals surface area contributed by atoms with Crippen LogP contribution in [0.4, 0.5) is 0 Å². The molecule has 0 aliphatic carbocycles. The summed E-state index contributed by atoms with van der Waals surface area (Å²) in [6.45, 7) is 5.81. The lowest BCUT2D eigenvalue weighted by Gasteiger charge is -2.24. The van der Waals surface area contributed by atoms with Gasteiger partial charge >= 0.3 is 0 Å². The molecule has 1 saturated heterocycles. The number of hydrogen-bond donors (Lipinski definition) is 0. The average molecular weight is 228 g/mol. The maximum Gasteiger partial charge on any atom is 0.250 e. The molecule has 0 spiro atoms. The van der Waals surface area contributed by atoms with Gasteiger partial charge < -0.3 is 4.52 Å². The third-order valence-electron chi connectivity index (χ3n) is 2.07. The Bertz CT molecular complexity index is 326. The van der Waals surface area contributed by atoms with Crippen LogP contribution in [0.2, 0.25) is 0 Å². The van der Waals surface area contributed by atoms with Crippen molar-refractivity contribution >= 4 is 29.6 Å². The monoisotopic (exact) mass is 228 g/mol. The van der Waals surface area contributed by atoms with Crippen molar-refractivity contribution in [1.29, 1.82) is 0 Å². The molecule has 2 rings (SSSR count). The van der Waals surface area contributed by atoms with Gasteiger partial charge in [0.2, 0.25) is 5.89 Å². The summed E-state index contributed by atoms with van der Waals surface area (Å²) in [7, 11) is 0. The predicted molar refractivity (Wildman–Crippen MR) is 61.5 cm³/mol. The lowest BCUT2D eigenvalue weighted by molar-refractivity contribution is 0.402. The molecule has 0 bridgehead atoms. The normalized spacial score (nSPS) is 27.5. The zero-order valence-corrected chi connectivity index (χ0v) is 9.61. The second-order valence-corrected chi connectivity index (χ2v) is 5.80. The van der Waals surface area contributed by atoms with E-state index < -0.39 is 0 Å². The molecule has 0 radical (unpaired) electrons. The van der Waals surface area contributed by atoms with Crippen LogP contribution in [0, 0.1) is 0 Å². The van der Waals surface area contributed by atoms with Gasteiger partial charge in [-0.15, -0.1) is 11.8 Å². The van der Waals surface area contributed by atoms with Crippen molar-refractivity contribution in [2.45, 2.75) is 17.4 Å². The molecule has 0 N–H and O–H groups in total. The van der Waals surface area contributed by atoms with E-state index in [9.17, 15) is 0 Å². The van der Waals surface area contributed by atoms with Crippen LogP contribution < -0.4 is 0 Å². The SMILES string of the molecule is C=Cc1nc(C2SCCSC2C)no1. The van der Waals surface area contributed by atoms with Crippen molar-refractivity contribution in [1.82, 2.24) is 10.1 Å². The second-order valence-electron chi connectivity index (χ2n) is 3.06. The summed E-state index contributed by atoms with van der Waals surface area (Å²) in [4.78, 5) is 4.27. The van der Waals surface area contributed by atoms with E-state index >= 15 is 0 Å². The Hall–Kier alpha value is -0.420. The van der Waals surface area contributed by atoms with Gasteiger partial charge in [-0.1, -0.05) is 18.7 Å². The lowest BCUT2D eigenvalue weighted by atomic mass is 10.3. The number of hydrogen-bond acceptors (Lipinski definition) is 5. The Morgan fingerprint density at radius 3 is 2.93 bits per heavy atom. The Morgan fingerprint density at radius 2 is 2.29 bits per heavy atom. The van der Waals surface area contributed by atoms with Gasteiger partial charge in [-0.05, 0) is 6.08 Å². The molecular weight excluding hydrogens is 216 g/mol. The third kappa shape index (κ3) is 1.98. The van der Waals surface area contributed by atoms with Gasteiger partial charge in [0.1, 0.15) is 0 Å². The first-order chi connectivity index (χ1) is 6.81. The molecule has 1 aliphatic heterocycles. The summed E-state index contributed by atoms with van der Waals surface area (Å²) in [5.74, 6) is 3.71. The quantitative estimate of drug-likeness (QED) is 0.778. The minimum Gasteiger partial charge on any atom is -0.335 e. The van der Waals surface area contributed by atoms with E-state index in [0.717, 1.165) is 11.6 Å². The average Bonchev–Trinajstić information content (AvgIpc) is 2.67. The van der Waals surface area contributed by atoms with Crippen molar-refractivity contribution in [2.75, 3.05) is 11.5 Å². The first kappa shape index (κ1) is 10.1. The number of nitrogens with zero attached hydrogens (tertiary/aromatic N) is 2. The molecule has 2 atom stereocenters. The minimum absolute atomic E-state index is 0.367. The molecule has 0 saturated carbocycles. The Labute approximate surface area is 91.7 Å². The largest absolute Gasteiger partial charge is 0.335 e. The van der Waals surface area contributed by atoms with Crippen LogP contribution in [0.3, 0.4) is 0 Å². The molecule has 0 amide bonds. The van der Waals surface area contributed by atoms with Crippen molar-refractivity contribution < 1.29 is 4.52 Å². The van der Waals surface area contributed by atoms with Crippen LogP contribution in [0.1, 0.15) is 23.9 Å². The Kier molecular flexibility index (Phi) is 3.18. The van der Waals surface area contributed by atoms with E-state index in [4.69, 9.17) is 4.52 Å². The molecule has 14 heavy (non-hydrogen) atoms. The summed E-state index contributed by atoms with van der Waals surface area (Å²) in [6, 6.07) is 0. The third-order valence-corrected chi connectivity index (χ3v) is 5.16. The molecule has 3 nitrogen and oxygen atoms in total. The van der Waals surface area contributed by atoms with E-state index in [1.54, 1.807) is 6.08 Å². The predicted octanol–water partition coefficient (Wildman–Crippen LogP) is 2.62. The van der Waals surface area contributed by atoms with Crippen molar-refractivity contribution in [3.63, 3.8) is 0 Å². The van der Waals surface area contributed by atoms with Crippen molar-refractivity contribution in [3.05, 3.63) is 18.3 Å². The van der Waals surface area contributed by atoms with E-state index in [0.29, 0.717) is 16.4 Å². The van der Waals surface area contributed by atoms with Gasteiger partial charge in [0.25, 0.3) is 0 Å². The summed E-state index contributed by atoms with van der Waals surface area (Å²) in [5, 5.41) is 4.90. The highest BCUT2D eigenvalue weighted by atomic mass is 32.2. The van der Waals surface area contributed by atoms with Gasteiger partial charge in [-0.3, -0.25) is 0 Å². The smallest absolute Gasteiger partial charge is 0.250 e. The molecule has 1 aromatic heterocycles. The van der Waals surface area contributed by atoms with Crippen LogP contribution in [0.25, 0.3) is 6.08 Å². The van der Waals surface area contributed by atoms with Gasteiger partial charge in [0.05, 0.1) is 5.25 Å². The van der Waals surface area contributed by atoms with E-state index in [1.807, 2.05) is 23.5 Å². The fraction of sp³-hybridized carbons (Fsp3) is 0.556. The number of aromatic nitrogens is 2. The first-order valence-corrected chi connectivity index (χ1v) is 6.60. The molecule has 1 fully saturated rings. The van der Waals surface area contributed by atoms with Gasteiger partial charge in [0.15, 0.2) is 5.82 Å². The molecule has 5 heteroatoms. The van der Waals surface area contributed by atoms with E-state index in [1.165, 1.54) is 5.75 Å². The fourth-order valence-corrected chi connectivity index (χ4v) is 4.04. The molecular formula is C9H12N2OS2. The zero-order valence-electron chi connectivity index (χ0n) is 7.97. The maximum absolute atomic E-state index is 5.01. The summed E-state index contributed by atoms with van der Waals surface area (Å²) in [6.07, 6.45) is 1.59. The van der Waals surface area contributed by atoms with E-state index in [-0.39, 0.29) is 0 Å². The van der Waals surface area contributed by atoms with Crippen LogP contribution >= 0.6 is 23.5 Å². The van der Waals surface area contributed by atoms with Crippen molar-refractivity contribution in [3.8, 4) is 0 Å². The molecule has 2 heterocycles. The van der Waals surface area contributed by atoms with Gasteiger partial charge in [-0.2, -0.15) is 16.7 Å². The summed E-state index contributed by atoms with van der Waals surface area (Å²) >= 11 is 3.88. The maximum atomic E-state index is 5.01. The lowest BCUT2D eigenvalue weighted by Crippen LogP contribution is -2.16. The van der Waals surface area contributed by atoms with Gasteiger partial charge in [-0.25, -0.2) is 0 Å². The highest BCUT2D eigenvalue weighted by Gasteiger charge is 2.27. The molecule has 1 aromatic rings. The highest BCUT2D eigenvalue weighted by molar-refractivity contribution is 8.06. The van der Waals surface area contributed by atoms with Crippen LogP contribution in [-0.2, 0) is 0 Å². The molecule has 76 valence electrons. The Balaban J connectivity index is 2.16. The van der Waals surface area contributed by atoms with Crippen molar-refractivity contribution in [2.24, 2.45) is 0 Å². The molecule has 1 aliphatic rings.